The van der Waals surface area contributed by atoms with Crippen molar-refractivity contribution in [2.45, 2.75) is 50.7 Å². The van der Waals surface area contributed by atoms with E-state index in [1.165, 1.54) is 24.2 Å². The van der Waals surface area contributed by atoms with Crippen molar-refractivity contribution >= 4 is 29.7 Å². The predicted molar refractivity (Wildman–Crippen MR) is 76.7 cm³/mol. The predicted octanol–water partition coefficient (Wildman–Crippen LogP) is 2.49. The third kappa shape index (κ3) is 2.71. The average Bonchev–Trinajstić information content (AvgIpc) is 2.85. The van der Waals surface area contributed by atoms with Crippen LogP contribution in [0.3, 0.4) is 0 Å². The van der Waals surface area contributed by atoms with Crippen LogP contribution in [-0.4, -0.2) is 24.0 Å². The monoisotopic (exact) mass is 286 g/mol. The molecule has 1 aromatic heterocycles. The Labute approximate surface area is 118 Å². The maximum Gasteiger partial charge on any atom is 0.261 e. The Kier molecular flexibility index (Phi) is 4.30. The molecule has 2 atom stereocenters. The van der Waals surface area contributed by atoms with Gasteiger partial charge in [-0.25, -0.2) is 0 Å². The van der Waals surface area contributed by atoms with Gasteiger partial charge in [0.25, 0.3) is 5.91 Å². The average molecular weight is 287 g/mol. The first kappa shape index (κ1) is 13.8. The van der Waals surface area contributed by atoms with Gasteiger partial charge in [0.2, 0.25) is 0 Å². The van der Waals surface area contributed by atoms with E-state index in [0.29, 0.717) is 18.1 Å². The van der Waals surface area contributed by atoms with Crippen LogP contribution < -0.4 is 10.6 Å². The van der Waals surface area contributed by atoms with Gasteiger partial charge in [-0.2, -0.15) is 0 Å². The number of amides is 1. The summed E-state index contributed by atoms with van der Waals surface area (Å²) < 4.78 is 0. The highest BCUT2D eigenvalue weighted by atomic mass is 35.5. The lowest BCUT2D eigenvalue weighted by Crippen LogP contribution is -2.47. The topological polar surface area (TPSA) is 41.1 Å². The van der Waals surface area contributed by atoms with Crippen LogP contribution in [-0.2, 0) is 0 Å². The second-order valence-electron chi connectivity index (χ2n) is 5.21. The van der Waals surface area contributed by atoms with E-state index >= 15 is 0 Å². The van der Waals surface area contributed by atoms with E-state index in [4.69, 9.17) is 0 Å². The van der Waals surface area contributed by atoms with Gasteiger partial charge in [0.15, 0.2) is 0 Å². The van der Waals surface area contributed by atoms with Gasteiger partial charge in [-0.3, -0.25) is 4.79 Å². The third-order valence-corrected chi connectivity index (χ3v) is 4.89. The van der Waals surface area contributed by atoms with Crippen molar-refractivity contribution in [1.82, 2.24) is 10.6 Å². The molecular formula is C13H19ClN2OS. The summed E-state index contributed by atoms with van der Waals surface area (Å²) in [6, 6.07) is 3.63. The zero-order valence-corrected chi connectivity index (χ0v) is 12.1. The Morgan fingerprint density at radius 1 is 1.39 bits per heavy atom. The van der Waals surface area contributed by atoms with Crippen molar-refractivity contribution in [3.05, 3.63) is 21.9 Å². The van der Waals surface area contributed by atoms with Crippen LogP contribution in [0.1, 0.15) is 40.9 Å². The van der Waals surface area contributed by atoms with E-state index in [1.54, 1.807) is 0 Å². The number of carbonyl (C=O) groups is 1. The fourth-order valence-corrected chi connectivity index (χ4v) is 3.86. The number of thiophene rings is 1. The molecule has 100 valence electrons. The fourth-order valence-electron chi connectivity index (χ4n) is 3.03. The van der Waals surface area contributed by atoms with Gasteiger partial charge in [0.05, 0.1) is 4.88 Å². The standard InChI is InChI=1S/C13H18N2OS.ClH/c1-8-4-5-17-12(8)13(16)15-11-6-9-2-3-10(7-11)14-9;/h4-5,9-11,14H,2-3,6-7H2,1H3,(H,15,16);1H. The van der Waals surface area contributed by atoms with Gasteiger partial charge in [0, 0.05) is 18.1 Å². The van der Waals surface area contributed by atoms with Crippen LogP contribution >= 0.6 is 23.7 Å². The van der Waals surface area contributed by atoms with Crippen LogP contribution in [0.5, 0.6) is 0 Å². The van der Waals surface area contributed by atoms with E-state index in [2.05, 4.69) is 10.6 Å². The van der Waals surface area contributed by atoms with Gasteiger partial charge in [-0.1, -0.05) is 0 Å². The number of piperidine rings is 1. The molecule has 2 aliphatic rings. The van der Waals surface area contributed by atoms with E-state index < -0.39 is 0 Å². The van der Waals surface area contributed by atoms with Gasteiger partial charge >= 0.3 is 0 Å². The molecule has 2 bridgehead atoms. The Bertz CT molecular complexity index is 422. The number of hydrogen-bond donors (Lipinski definition) is 2. The first-order valence-corrected chi connectivity index (χ1v) is 7.21. The van der Waals surface area contributed by atoms with E-state index in [1.807, 2.05) is 18.4 Å². The third-order valence-electron chi connectivity index (χ3n) is 3.88. The molecule has 3 heterocycles. The van der Waals surface area contributed by atoms with Crippen molar-refractivity contribution in [1.29, 1.82) is 0 Å². The highest BCUT2D eigenvalue weighted by Gasteiger charge is 2.34. The van der Waals surface area contributed by atoms with Crippen molar-refractivity contribution in [2.24, 2.45) is 0 Å². The summed E-state index contributed by atoms with van der Waals surface area (Å²) >= 11 is 1.54. The number of fused-ring (bicyclic) bond motifs is 2. The van der Waals surface area contributed by atoms with E-state index in [-0.39, 0.29) is 18.3 Å². The van der Waals surface area contributed by atoms with Crippen molar-refractivity contribution in [2.75, 3.05) is 0 Å². The number of aryl methyl sites for hydroxylation is 1. The summed E-state index contributed by atoms with van der Waals surface area (Å²) in [5, 5.41) is 8.77. The number of halogens is 1. The summed E-state index contributed by atoms with van der Waals surface area (Å²) in [6.07, 6.45) is 4.73. The molecular weight excluding hydrogens is 268 g/mol. The second-order valence-corrected chi connectivity index (χ2v) is 6.13. The molecule has 0 radical (unpaired) electrons. The zero-order chi connectivity index (χ0) is 11.8. The molecule has 2 N–H and O–H groups in total. The van der Waals surface area contributed by atoms with Crippen LogP contribution in [0.15, 0.2) is 11.4 Å². The fraction of sp³-hybridized carbons (Fsp3) is 0.615. The molecule has 3 nitrogen and oxygen atoms in total. The molecule has 3 rings (SSSR count). The lowest BCUT2D eigenvalue weighted by atomic mass is 10.00. The molecule has 0 saturated carbocycles. The van der Waals surface area contributed by atoms with Crippen LogP contribution in [0.2, 0.25) is 0 Å². The minimum absolute atomic E-state index is 0. The minimum Gasteiger partial charge on any atom is -0.348 e. The molecule has 18 heavy (non-hydrogen) atoms. The molecule has 2 saturated heterocycles. The molecule has 0 aliphatic carbocycles. The van der Waals surface area contributed by atoms with Crippen LogP contribution in [0.4, 0.5) is 0 Å². The number of rotatable bonds is 2. The van der Waals surface area contributed by atoms with E-state index in [0.717, 1.165) is 23.3 Å². The highest BCUT2D eigenvalue weighted by Crippen LogP contribution is 2.27. The van der Waals surface area contributed by atoms with Crippen molar-refractivity contribution < 1.29 is 4.79 Å². The molecule has 1 aromatic rings. The lowest BCUT2D eigenvalue weighted by molar-refractivity contribution is 0.0927. The largest absolute Gasteiger partial charge is 0.348 e. The Balaban J connectivity index is 0.00000120. The summed E-state index contributed by atoms with van der Waals surface area (Å²) in [5.74, 6) is 0.115. The molecule has 0 aromatic carbocycles. The molecule has 2 fully saturated rings. The number of nitrogens with one attached hydrogen (secondary N) is 2. The Morgan fingerprint density at radius 2 is 2.06 bits per heavy atom. The first-order chi connectivity index (χ1) is 8.22. The summed E-state index contributed by atoms with van der Waals surface area (Å²) in [5.41, 5.74) is 1.09. The minimum atomic E-state index is 0. The molecule has 1 amide bonds. The van der Waals surface area contributed by atoms with Gasteiger partial charge in [-0.05, 0) is 49.6 Å². The van der Waals surface area contributed by atoms with Gasteiger partial charge < -0.3 is 10.6 Å². The SMILES string of the molecule is Cc1ccsc1C(=O)NC1CC2CCC(C1)N2.Cl. The maximum atomic E-state index is 12.1. The zero-order valence-electron chi connectivity index (χ0n) is 10.4. The van der Waals surface area contributed by atoms with Gasteiger partial charge in [0.1, 0.15) is 0 Å². The molecule has 0 spiro atoms. The Hall–Kier alpha value is -0.580. The van der Waals surface area contributed by atoms with Crippen molar-refractivity contribution in [3.8, 4) is 0 Å². The number of carbonyl (C=O) groups excluding carboxylic acids is 1. The number of hydrogen-bond acceptors (Lipinski definition) is 3. The maximum absolute atomic E-state index is 12.1. The summed E-state index contributed by atoms with van der Waals surface area (Å²) in [7, 11) is 0. The quantitative estimate of drug-likeness (QED) is 0.877. The highest BCUT2D eigenvalue weighted by molar-refractivity contribution is 7.12. The molecule has 5 heteroatoms. The smallest absolute Gasteiger partial charge is 0.261 e. The normalized spacial score (nSPS) is 29.7. The van der Waals surface area contributed by atoms with E-state index in [9.17, 15) is 4.79 Å². The summed E-state index contributed by atoms with van der Waals surface area (Å²) in [6.45, 7) is 2.00. The lowest BCUT2D eigenvalue weighted by Gasteiger charge is -2.29. The molecule has 2 unspecified atom stereocenters. The second kappa shape index (κ2) is 5.59. The Morgan fingerprint density at radius 3 is 2.61 bits per heavy atom. The van der Waals surface area contributed by atoms with Crippen LogP contribution in [0.25, 0.3) is 0 Å². The summed E-state index contributed by atoms with van der Waals surface area (Å²) in [4.78, 5) is 13.0. The van der Waals surface area contributed by atoms with Crippen molar-refractivity contribution in [3.63, 3.8) is 0 Å². The van der Waals surface area contributed by atoms with Crippen LogP contribution in [0, 0.1) is 6.92 Å². The van der Waals surface area contributed by atoms with Gasteiger partial charge in [-0.15, -0.1) is 23.7 Å². The molecule has 2 aliphatic heterocycles. The first-order valence-electron chi connectivity index (χ1n) is 6.33.